The predicted molar refractivity (Wildman–Crippen MR) is 136 cm³/mol. The maximum absolute atomic E-state index is 5.29. The van der Waals surface area contributed by atoms with Gasteiger partial charge >= 0.3 is 0 Å². The molecule has 1 aromatic heterocycles. The molecule has 166 valence electrons. The topological polar surface area (TPSA) is 61.8 Å². The number of methoxy groups -OCH3 is 1. The maximum Gasteiger partial charge on any atom is 0.191 e. The van der Waals surface area contributed by atoms with Crippen LogP contribution in [0.3, 0.4) is 0 Å². The van der Waals surface area contributed by atoms with Crippen molar-refractivity contribution in [3.05, 3.63) is 45.9 Å². The second-order valence-electron chi connectivity index (χ2n) is 7.46. The number of likely N-dealkylation sites (tertiary alicyclic amines) is 1. The predicted octanol–water partition coefficient (Wildman–Crippen LogP) is 3.91. The summed E-state index contributed by atoms with van der Waals surface area (Å²) in [6.45, 7) is 7.12. The van der Waals surface area contributed by atoms with E-state index in [1.54, 1.807) is 18.4 Å². The lowest BCUT2D eigenvalue weighted by Crippen LogP contribution is -2.42. The van der Waals surface area contributed by atoms with Crippen molar-refractivity contribution in [2.24, 2.45) is 10.9 Å². The van der Waals surface area contributed by atoms with Gasteiger partial charge in [-0.15, -0.1) is 35.3 Å². The zero-order valence-corrected chi connectivity index (χ0v) is 21.3. The Morgan fingerprint density at radius 3 is 2.77 bits per heavy atom. The lowest BCUT2D eigenvalue weighted by atomic mass is 9.97. The fourth-order valence-corrected chi connectivity index (χ4v) is 4.33. The van der Waals surface area contributed by atoms with Crippen molar-refractivity contribution in [1.29, 1.82) is 0 Å². The Morgan fingerprint density at radius 2 is 2.10 bits per heavy atom. The van der Waals surface area contributed by atoms with Gasteiger partial charge in [0.05, 0.1) is 17.8 Å². The fourth-order valence-electron chi connectivity index (χ4n) is 3.59. The zero-order chi connectivity index (χ0) is 20.5. The molecule has 0 bridgehead atoms. The quantitative estimate of drug-likeness (QED) is 0.301. The van der Waals surface area contributed by atoms with Gasteiger partial charge in [0.2, 0.25) is 0 Å². The summed E-state index contributed by atoms with van der Waals surface area (Å²) in [7, 11) is 3.51. The smallest absolute Gasteiger partial charge is 0.191 e. The van der Waals surface area contributed by atoms with E-state index in [0.29, 0.717) is 5.92 Å². The highest BCUT2D eigenvalue weighted by atomic mass is 127. The number of rotatable bonds is 8. The van der Waals surface area contributed by atoms with Crippen LogP contribution in [-0.2, 0) is 19.5 Å². The van der Waals surface area contributed by atoms with Crippen LogP contribution in [0, 0.1) is 5.92 Å². The highest BCUT2D eigenvalue weighted by Gasteiger charge is 2.20. The molecular weight excluding hydrogens is 509 g/mol. The molecule has 0 unspecified atom stereocenters. The molecule has 0 atom stereocenters. The third-order valence-corrected chi connectivity index (χ3v) is 6.41. The highest BCUT2D eigenvalue weighted by Crippen LogP contribution is 2.19. The number of guanidine groups is 1. The summed E-state index contributed by atoms with van der Waals surface area (Å²) in [6, 6.07) is 8.10. The molecule has 2 heterocycles. The first kappa shape index (κ1) is 24.9. The number of benzene rings is 1. The molecule has 0 saturated carbocycles. The first-order chi connectivity index (χ1) is 14.2. The number of nitrogens with one attached hydrogen (secondary N) is 2. The monoisotopic (exact) mass is 543 g/mol. The van der Waals surface area contributed by atoms with Gasteiger partial charge in [-0.3, -0.25) is 9.89 Å². The van der Waals surface area contributed by atoms with Gasteiger partial charge in [-0.1, -0.05) is 19.1 Å². The van der Waals surface area contributed by atoms with Crippen LogP contribution < -0.4 is 15.4 Å². The van der Waals surface area contributed by atoms with Crippen molar-refractivity contribution in [3.8, 4) is 5.75 Å². The first-order valence-corrected chi connectivity index (χ1v) is 11.3. The first-order valence-electron chi connectivity index (χ1n) is 10.4. The number of ether oxygens (including phenoxy) is 1. The standard InChI is InChI=1S/C22H33N5OS.HI/c1-4-21-26-19(16-29-21)15-27-10-8-17(9-11-27)13-24-22(23-2)25-14-18-6-5-7-20(12-18)28-3;/h5-7,12,16-17H,4,8-11,13-15H2,1-3H3,(H2,23,24,25);1H. The number of hydrogen-bond acceptors (Lipinski definition) is 5. The van der Waals surface area contributed by atoms with E-state index in [1.807, 2.05) is 25.2 Å². The molecule has 6 nitrogen and oxygen atoms in total. The van der Waals surface area contributed by atoms with E-state index < -0.39 is 0 Å². The number of thiazole rings is 1. The van der Waals surface area contributed by atoms with E-state index >= 15 is 0 Å². The van der Waals surface area contributed by atoms with Crippen LogP contribution in [0.5, 0.6) is 5.75 Å². The van der Waals surface area contributed by atoms with Gasteiger partial charge in [-0.25, -0.2) is 4.98 Å². The van der Waals surface area contributed by atoms with Crippen molar-refractivity contribution in [2.45, 2.75) is 39.3 Å². The molecule has 0 aliphatic carbocycles. The molecule has 1 saturated heterocycles. The Bertz CT molecular complexity index is 789. The molecule has 1 aliphatic rings. The normalized spacial score (nSPS) is 15.5. The van der Waals surface area contributed by atoms with Crippen LogP contribution in [-0.4, -0.2) is 49.6 Å². The van der Waals surface area contributed by atoms with Gasteiger partial charge in [-0.05, 0) is 56.0 Å². The van der Waals surface area contributed by atoms with E-state index in [0.717, 1.165) is 50.9 Å². The van der Waals surface area contributed by atoms with Crippen LogP contribution in [0.1, 0.15) is 36.0 Å². The largest absolute Gasteiger partial charge is 0.497 e. The SMILES string of the molecule is CCc1nc(CN2CCC(CNC(=NC)NCc3cccc(OC)c3)CC2)cs1.I. The Balaban J connectivity index is 0.00000320. The highest BCUT2D eigenvalue weighted by molar-refractivity contribution is 14.0. The average Bonchev–Trinajstić information content (AvgIpc) is 3.22. The minimum atomic E-state index is 0. The van der Waals surface area contributed by atoms with Gasteiger partial charge < -0.3 is 15.4 Å². The maximum atomic E-state index is 5.29. The third kappa shape index (κ3) is 7.70. The number of aliphatic imine (C=N–C) groups is 1. The van der Waals surface area contributed by atoms with Gasteiger partial charge in [0, 0.05) is 32.1 Å². The van der Waals surface area contributed by atoms with E-state index in [4.69, 9.17) is 9.72 Å². The molecule has 3 rings (SSSR count). The summed E-state index contributed by atoms with van der Waals surface area (Å²) in [5.74, 6) is 2.41. The van der Waals surface area contributed by atoms with Crippen molar-refractivity contribution < 1.29 is 4.74 Å². The Kier molecular flexibility index (Phi) is 10.9. The number of nitrogens with zero attached hydrogens (tertiary/aromatic N) is 3. The summed E-state index contributed by atoms with van der Waals surface area (Å²) in [4.78, 5) is 11.6. The van der Waals surface area contributed by atoms with Crippen LogP contribution in [0.25, 0.3) is 0 Å². The van der Waals surface area contributed by atoms with Crippen LogP contribution in [0.15, 0.2) is 34.6 Å². The van der Waals surface area contributed by atoms with Crippen LogP contribution in [0.2, 0.25) is 0 Å². The molecule has 1 aliphatic heterocycles. The summed E-state index contributed by atoms with van der Waals surface area (Å²) in [5.41, 5.74) is 2.40. The van der Waals surface area contributed by atoms with Crippen molar-refractivity contribution in [3.63, 3.8) is 0 Å². The average molecular weight is 544 g/mol. The molecule has 1 aromatic carbocycles. The van der Waals surface area contributed by atoms with Gasteiger partial charge in [-0.2, -0.15) is 0 Å². The van der Waals surface area contributed by atoms with Gasteiger partial charge in [0.25, 0.3) is 0 Å². The molecule has 2 aromatic rings. The van der Waals surface area contributed by atoms with Gasteiger partial charge in [0.15, 0.2) is 5.96 Å². The molecule has 8 heteroatoms. The molecule has 30 heavy (non-hydrogen) atoms. The van der Waals surface area contributed by atoms with E-state index in [1.165, 1.54) is 29.1 Å². The van der Waals surface area contributed by atoms with Crippen molar-refractivity contribution in [1.82, 2.24) is 20.5 Å². The second-order valence-corrected chi connectivity index (χ2v) is 8.41. The van der Waals surface area contributed by atoms with E-state index in [9.17, 15) is 0 Å². The minimum absolute atomic E-state index is 0. The summed E-state index contributed by atoms with van der Waals surface area (Å²) >= 11 is 1.78. The second kappa shape index (κ2) is 13.1. The number of halogens is 1. The fraction of sp³-hybridized carbons (Fsp3) is 0.545. The molecule has 0 radical (unpaired) electrons. The zero-order valence-electron chi connectivity index (χ0n) is 18.2. The molecule has 1 fully saturated rings. The Hall–Kier alpha value is -1.39. The van der Waals surface area contributed by atoms with Crippen LogP contribution >= 0.6 is 35.3 Å². The van der Waals surface area contributed by atoms with E-state index in [2.05, 4.69) is 38.9 Å². The minimum Gasteiger partial charge on any atom is -0.497 e. The number of piperidine rings is 1. The Labute approximate surface area is 201 Å². The lowest BCUT2D eigenvalue weighted by molar-refractivity contribution is 0.176. The van der Waals surface area contributed by atoms with Gasteiger partial charge in [0.1, 0.15) is 5.75 Å². The lowest BCUT2D eigenvalue weighted by Gasteiger charge is -2.31. The molecule has 2 N–H and O–H groups in total. The summed E-state index contributed by atoms with van der Waals surface area (Å²) < 4.78 is 5.29. The van der Waals surface area contributed by atoms with Crippen molar-refractivity contribution in [2.75, 3.05) is 33.8 Å². The number of hydrogen-bond donors (Lipinski definition) is 2. The summed E-state index contributed by atoms with van der Waals surface area (Å²) in [5, 5.41) is 10.3. The molecular formula is C22H34IN5OS. The molecule has 0 spiro atoms. The number of aryl methyl sites for hydroxylation is 1. The number of aromatic nitrogens is 1. The van der Waals surface area contributed by atoms with E-state index in [-0.39, 0.29) is 24.0 Å². The van der Waals surface area contributed by atoms with Crippen LogP contribution in [0.4, 0.5) is 0 Å². The third-order valence-electron chi connectivity index (χ3n) is 5.37. The van der Waals surface area contributed by atoms with Crippen molar-refractivity contribution >= 4 is 41.3 Å². The summed E-state index contributed by atoms with van der Waals surface area (Å²) in [6.07, 6.45) is 3.46. The Morgan fingerprint density at radius 1 is 1.30 bits per heavy atom. The molecule has 0 amide bonds.